The number of nitrogens with zero attached hydrogens (tertiary/aromatic N) is 1. The molecule has 1 unspecified atom stereocenters. The van der Waals surface area contributed by atoms with E-state index >= 15 is 0 Å². The van der Waals surface area contributed by atoms with E-state index in [1.807, 2.05) is 12.1 Å². The Labute approximate surface area is 225 Å². The molecule has 0 saturated carbocycles. The molecule has 0 amide bonds. The quantitative estimate of drug-likeness (QED) is 0.323. The molecular formula is C30H31F2NO6. The second kappa shape index (κ2) is 14.8. The fourth-order valence-corrected chi connectivity index (χ4v) is 4.41. The molecule has 1 aliphatic heterocycles. The molecule has 206 valence electrons. The van der Waals surface area contributed by atoms with Gasteiger partial charge in [-0.15, -0.1) is 0 Å². The van der Waals surface area contributed by atoms with E-state index in [1.165, 1.54) is 29.8 Å². The van der Waals surface area contributed by atoms with Gasteiger partial charge in [0.05, 0.1) is 13.7 Å². The number of rotatable bonds is 10. The molecule has 4 rings (SSSR count). The second-order valence-corrected chi connectivity index (χ2v) is 8.83. The van der Waals surface area contributed by atoms with Crippen LogP contribution in [-0.2, 0) is 14.3 Å². The molecule has 0 spiro atoms. The third kappa shape index (κ3) is 9.31. The maximum atomic E-state index is 13.4. The zero-order valence-corrected chi connectivity index (χ0v) is 21.5. The molecule has 1 aliphatic rings. The number of likely N-dealkylation sites (tertiary alicyclic amines) is 1. The Hall–Kier alpha value is -4.08. The molecular weight excluding hydrogens is 508 g/mol. The van der Waals surface area contributed by atoms with Crippen LogP contribution in [-0.4, -0.2) is 53.9 Å². The lowest BCUT2D eigenvalue weighted by Crippen LogP contribution is -2.28. The summed E-state index contributed by atoms with van der Waals surface area (Å²) in [6.07, 6.45) is 2.98. The number of benzene rings is 3. The number of ether oxygens (including phenoxy) is 2. The smallest absolute Gasteiger partial charge is 0.328 e. The van der Waals surface area contributed by atoms with Gasteiger partial charge in [0.25, 0.3) is 0 Å². The standard InChI is InChI=1S/C26H27F2NO2.C4H4O4/c1-30-24-5-2-4-21(18-24)25-6-3-15-29(25)16-17-31-26(19-7-11-22(27)12-8-19)20-9-13-23(28)14-10-20;5-3(6)1-2-4(7)8/h2,4-5,7-14,18,25-26H,3,6,15-17H2,1H3;1-2H,(H,5,6)(H,7,8)/b;2-1+. The van der Waals surface area contributed by atoms with Crippen molar-refractivity contribution in [2.45, 2.75) is 25.0 Å². The highest BCUT2D eigenvalue weighted by Gasteiger charge is 2.26. The van der Waals surface area contributed by atoms with Crippen molar-refractivity contribution in [2.24, 2.45) is 0 Å². The van der Waals surface area contributed by atoms with Crippen LogP contribution in [0.2, 0.25) is 0 Å². The van der Waals surface area contributed by atoms with Crippen molar-refractivity contribution in [2.75, 3.05) is 26.8 Å². The van der Waals surface area contributed by atoms with E-state index in [0.29, 0.717) is 24.8 Å². The van der Waals surface area contributed by atoms with E-state index in [0.717, 1.165) is 42.8 Å². The van der Waals surface area contributed by atoms with E-state index in [4.69, 9.17) is 19.7 Å². The van der Waals surface area contributed by atoms with Gasteiger partial charge in [0, 0.05) is 24.7 Å². The highest BCUT2D eigenvalue weighted by Crippen LogP contribution is 2.33. The minimum atomic E-state index is -1.26. The van der Waals surface area contributed by atoms with E-state index in [9.17, 15) is 18.4 Å². The molecule has 0 radical (unpaired) electrons. The Balaban J connectivity index is 0.000000459. The van der Waals surface area contributed by atoms with Gasteiger partial charge in [0.2, 0.25) is 0 Å². The van der Waals surface area contributed by atoms with Crippen LogP contribution in [0.1, 0.15) is 41.7 Å². The van der Waals surface area contributed by atoms with Gasteiger partial charge in [0.1, 0.15) is 23.5 Å². The van der Waals surface area contributed by atoms with Crippen molar-refractivity contribution in [1.82, 2.24) is 4.90 Å². The summed E-state index contributed by atoms with van der Waals surface area (Å²) in [6.45, 7) is 2.31. The maximum absolute atomic E-state index is 13.4. The monoisotopic (exact) mass is 539 g/mol. The van der Waals surface area contributed by atoms with Gasteiger partial charge < -0.3 is 19.7 Å². The zero-order valence-electron chi connectivity index (χ0n) is 21.5. The SMILES string of the molecule is COc1cccc(C2CCCN2CCOC(c2ccc(F)cc2)c2ccc(F)cc2)c1.O=C(O)/C=C/C(=O)O. The topological polar surface area (TPSA) is 96.3 Å². The number of hydrogen-bond acceptors (Lipinski definition) is 5. The van der Waals surface area contributed by atoms with Crippen LogP contribution in [0.4, 0.5) is 8.78 Å². The summed E-state index contributed by atoms with van der Waals surface area (Å²) in [5, 5.41) is 15.6. The van der Waals surface area contributed by atoms with Crippen LogP contribution >= 0.6 is 0 Å². The normalized spacial score (nSPS) is 15.2. The summed E-state index contributed by atoms with van der Waals surface area (Å²) >= 11 is 0. The Morgan fingerprint density at radius 1 is 0.949 bits per heavy atom. The molecule has 7 nitrogen and oxygen atoms in total. The maximum Gasteiger partial charge on any atom is 0.328 e. The van der Waals surface area contributed by atoms with E-state index in [2.05, 4.69) is 17.0 Å². The minimum Gasteiger partial charge on any atom is -0.497 e. The predicted molar refractivity (Wildman–Crippen MR) is 142 cm³/mol. The van der Waals surface area contributed by atoms with Crippen LogP contribution in [0.15, 0.2) is 84.9 Å². The molecule has 3 aromatic carbocycles. The molecule has 0 aliphatic carbocycles. The molecule has 2 N–H and O–H groups in total. The Morgan fingerprint density at radius 3 is 2.03 bits per heavy atom. The average molecular weight is 540 g/mol. The first-order valence-electron chi connectivity index (χ1n) is 12.4. The fraction of sp³-hybridized carbons (Fsp3) is 0.267. The number of hydrogen-bond donors (Lipinski definition) is 2. The lowest BCUT2D eigenvalue weighted by atomic mass is 10.0. The minimum absolute atomic E-state index is 0.292. The van der Waals surface area contributed by atoms with Crippen molar-refractivity contribution >= 4 is 11.9 Å². The van der Waals surface area contributed by atoms with Crippen LogP contribution < -0.4 is 4.74 Å². The summed E-state index contributed by atoms with van der Waals surface area (Å²) in [7, 11) is 1.68. The average Bonchev–Trinajstić information content (AvgIpc) is 3.40. The van der Waals surface area contributed by atoms with E-state index < -0.39 is 11.9 Å². The van der Waals surface area contributed by atoms with Gasteiger partial charge in [-0.3, -0.25) is 4.90 Å². The number of aliphatic carboxylic acids is 2. The van der Waals surface area contributed by atoms with Gasteiger partial charge in [0.15, 0.2) is 0 Å². The molecule has 1 fully saturated rings. The van der Waals surface area contributed by atoms with Crippen molar-refractivity contribution in [1.29, 1.82) is 0 Å². The number of halogens is 2. The van der Waals surface area contributed by atoms with Crippen molar-refractivity contribution in [3.63, 3.8) is 0 Å². The first-order chi connectivity index (χ1) is 18.8. The fourth-order valence-electron chi connectivity index (χ4n) is 4.41. The van der Waals surface area contributed by atoms with Crippen molar-refractivity contribution in [3.8, 4) is 5.75 Å². The molecule has 9 heteroatoms. The third-order valence-corrected chi connectivity index (χ3v) is 6.22. The zero-order chi connectivity index (χ0) is 28.2. The molecule has 0 aromatic heterocycles. The first kappa shape index (κ1) is 29.5. The lowest BCUT2D eigenvalue weighted by molar-refractivity contribution is -0.134. The van der Waals surface area contributed by atoms with Crippen LogP contribution in [0.3, 0.4) is 0 Å². The van der Waals surface area contributed by atoms with Crippen molar-refractivity contribution < 1.29 is 38.1 Å². The highest BCUT2D eigenvalue weighted by atomic mass is 19.1. The lowest BCUT2D eigenvalue weighted by Gasteiger charge is -2.26. The summed E-state index contributed by atoms with van der Waals surface area (Å²) in [5.41, 5.74) is 2.95. The van der Waals surface area contributed by atoms with Crippen LogP contribution in [0.5, 0.6) is 5.75 Å². The molecule has 1 heterocycles. The van der Waals surface area contributed by atoms with Crippen LogP contribution in [0, 0.1) is 11.6 Å². The molecule has 3 aromatic rings. The highest BCUT2D eigenvalue weighted by molar-refractivity contribution is 5.89. The third-order valence-electron chi connectivity index (χ3n) is 6.22. The largest absolute Gasteiger partial charge is 0.497 e. The van der Waals surface area contributed by atoms with Crippen molar-refractivity contribution in [3.05, 3.63) is 113 Å². The number of carbonyl (C=O) groups is 2. The molecule has 1 atom stereocenters. The Morgan fingerprint density at radius 2 is 1.51 bits per heavy atom. The first-order valence-corrected chi connectivity index (χ1v) is 12.4. The van der Waals surface area contributed by atoms with Gasteiger partial charge >= 0.3 is 11.9 Å². The van der Waals surface area contributed by atoms with Gasteiger partial charge in [-0.05, 0) is 72.5 Å². The Kier molecular flexibility index (Phi) is 11.1. The number of carboxylic acids is 2. The predicted octanol–water partition coefficient (Wildman–Crippen LogP) is 5.63. The molecule has 1 saturated heterocycles. The van der Waals surface area contributed by atoms with Gasteiger partial charge in [-0.1, -0.05) is 36.4 Å². The molecule has 39 heavy (non-hydrogen) atoms. The van der Waals surface area contributed by atoms with Crippen LogP contribution in [0.25, 0.3) is 0 Å². The number of carboxylic acid groups (broad SMARTS) is 2. The number of methoxy groups -OCH3 is 1. The Bertz CT molecular complexity index is 1190. The second-order valence-electron chi connectivity index (χ2n) is 8.83. The van der Waals surface area contributed by atoms with Gasteiger partial charge in [-0.2, -0.15) is 0 Å². The summed E-state index contributed by atoms with van der Waals surface area (Å²) < 4.78 is 38.5. The summed E-state index contributed by atoms with van der Waals surface area (Å²) in [4.78, 5) is 21.5. The van der Waals surface area contributed by atoms with E-state index in [1.54, 1.807) is 31.4 Å². The van der Waals surface area contributed by atoms with Gasteiger partial charge in [-0.25, -0.2) is 18.4 Å². The summed E-state index contributed by atoms with van der Waals surface area (Å²) in [6, 6.07) is 21.2. The molecule has 0 bridgehead atoms. The van der Waals surface area contributed by atoms with E-state index in [-0.39, 0.29) is 17.7 Å². The summed E-state index contributed by atoms with van der Waals surface area (Å²) in [5.74, 6) is -2.23.